The molecule has 0 atom stereocenters. The first-order valence-corrected chi connectivity index (χ1v) is 11.7. The molecule has 2 rings (SSSR count). The van der Waals surface area contributed by atoms with Crippen LogP contribution < -0.4 is 13.8 Å². The molecular weight excluding hydrogens is 376 g/mol. The number of rotatable bonds is 4. The van der Waals surface area contributed by atoms with E-state index in [4.69, 9.17) is 0 Å². The van der Waals surface area contributed by atoms with Crippen molar-refractivity contribution in [1.29, 1.82) is 0 Å². The first kappa shape index (κ1) is 15.7. The summed E-state index contributed by atoms with van der Waals surface area (Å²) in [6, 6.07) is 13.6. The van der Waals surface area contributed by atoms with Gasteiger partial charge in [0.1, 0.15) is 0 Å². The van der Waals surface area contributed by atoms with Gasteiger partial charge in [-0.05, 0) is 0 Å². The summed E-state index contributed by atoms with van der Waals surface area (Å²) in [7, 11) is 2.19. The van der Waals surface area contributed by atoms with Crippen LogP contribution in [0.15, 0.2) is 36.4 Å². The Morgan fingerprint density at radius 3 is 1.50 bits per heavy atom. The van der Waals surface area contributed by atoms with Gasteiger partial charge in [-0.15, -0.1) is 0 Å². The van der Waals surface area contributed by atoms with E-state index in [1.807, 2.05) is 0 Å². The molecule has 0 aliphatic heterocycles. The number of anilines is 2. The van der Waals surface area contributed by atoms with Gasteiger partial charge >= 0.3 is 135 Å². The van der Waals surface area contributed by atoms with E-state index >= 15 is 0 Å². The van der Waals surface area contributed by atoms with E-state index in [9.17, 15) is 0 Å². The summed E-state index contributed by atoms with van der Waals surface area (Å²) in [6.45, 7) is 4.34. The van der Waals surface area contributed by atoms with Crippen LogP contribution in [0.2, 0.25) is 11.6 Å². The average Bonchev–Trinajstić information content (AvgIpc) is 2.46. The maximum absolute atomic E-state index is 2.36. The van der Waals surface area contributed by atoms with Crippen LogP contribution in [0.3, 0.4) is 0 Å². The minimum absolute atomic E-state index is 0.512. The molecule has 0 fully saturated rings. The second kappa shape index (κ2) is 6.82. The Morgan fingerprint density at radius 1 is 0.750 bits per heavy atom. The molecule has 0 saturated carbocycles. The second-order valence-electron chi connectivity index (χ2n) is 4.91. The van der Waals surface area contributed by atoms with Gasteiger partial charge < -0.3 is 0 Å². The summed E-state index contributed by atoms with van der Waals surface area (Å²) in [5.74, 6) is 4.58. The van der Waals surface area contributed by atoms with Crippen LogP contribution in [-0.4, -0.2) is 37.0 Å². The topological polar surface area (TPSA) is 3.24 Å². The van der Waals surface area contributed by atoms with Gasteiger partial charge in [0.05, 0.1) is 0 Å². The first-order chi connectivity index (χ1) is 9.56. The number of hydrogen-bond acceptors (Lipinski definition) is 1. The van der Waals surface area contributed by atoms with E-state index in [1.165, 1.54) is 31.4 Å². The van der Waals surface area contributed by atoms with Crippen LogP contribution in [0.5, 0.6) is 0 Å². The summed E-state index contributed by atoms with van der Waals surface area (Å²) in [4.78, 5) is 2.36. The number of nitrogens with zero attached hydrogens (tertiary/aromatic N) is 1. The Kier molecular flexibility index (Phi) is 5.34. The average molecular weight is 397 g/mol. The molecule has 0 bridgehead atoms. The summed E-state index contributed by atoms with van der Waals surface area (Å²) < 4.78 is 2.96. The van der Waals surface area contributed by atoms with Crippen molar-refractivity contribution in [1.82, 2.24) is 0 Å². The first-order valence-electron chi connectivity index (χ1n) is 6.60. The zero-order chi connectivity index (χ0) is 14.7. The van der Waals surface area contributed by atoms with Gasteiger partial charge in [0, 0.05) is 0 Å². The third-order valence-electron chi connectivity index (χ3n) is 3.39. The van der Waals surface area contributed by atoms with E-state index in [2.05, 4.69) is 73.8 Å². The Labute approximate surface area is 135 Å². The minimum atomic E-state index is 0.512. The Morgan fingerprint density at radius 2 is 1.15 bits per heavy atom. The Bertz CT molecular complexity index is 554. The van der Waals surface area contributed by atoms with Crippen LogP contribution in [-0.2, 0) is 0 Å². The molecule has 0 spiro atoms. The fourth-order valence-corrected chi connectivity index (χ4v) is 5.27. The van der Waals surface area contributed by atoms with Crippen molar-refractivity contribution in [2.75, 3.05) is 11.9 Å². The van der Waals surface area contributed by atoms with Crippen molar-refractivity contribution in [3.8, 4) is 0 Å². The monoisotopic (exact) mass is 399 g/mol. The second-order valence-corrected chi connectivity index (χ2v) is 8.47. The summed E-state index contributed by atoms with van der Waals surface area (Å²) in [5.41, 5.74) is 5.41. The van der Waals surface area contributed by atoms with Gasteiger partial charge in [-0.2, -0.15) is 0 Å². The molecule has 0 aliphatic carbocycles. The molecule has 0 saturated heterocycles. The third kappa shape index (κ3) is 3.29. The molecule has 1 nitrogen and oxygen atoms in total. The van der Waals surface area contributed by atoms with Crippen molar-refractivity contribution in [2.45, 2.75) is 25.5 Å². The van der Waals surface area contributed by atoms with E-state index in [-0.39, 0.29) is 0 Å². The maximum atomic E-state index is 2.36. The van der Waals surface area contributed by atoms with E-state index in [1.54, 1.807) is 0 Å². The van der Waals surface area contributed by atoms with Crippen molar-refractivity contribution in [3.05, 3.63) is 47.5 Å². The molecular formula is C17H21NSe2. The molecule has 0 heterocycles. The number of aryl methyl sites for hydroxylation is 2. The van der Waals surface area contributed by atoms with Crippen LogP contribution >= 0.6 is 0 Å². The van der Waals surface area contributed by atoms with Gasteiger partial charge in [0.15, 0.2) is 0 Å². The van der Waals surface area contributed by atoms with Crippen LogP contribution in [0.1, 0.15) is 11.1 Å². The van der Waals surface area contributed by atoms with Gasteiger partial charge in [0.25, 0.3) is 0 Å². The van der Waals surface area contributed by atoms with Crippen molar-refractivity contribution >= 4 is 50.2 Å². The Hall–Kier alpha value is -0.721. The van der Waals surface area contributed by atoms with Crippen LogP contribution in [0, 0.1) is 13.8 Å². The van der Waals surface area contributed by atoms with Gasteiger partial charge in [-0.3, -0.25) is 0 Å². The molecule has 0 aromatic heterocycles. The van der Waals surface area contributed by atoms with Crippen LogP contribution in [0.4, 0.5) is 11.4 Å². The predicted octanol–water partition coefficient (Wildman–Crippen LogP) is 2.83. The zero-order valence-corrected chi connectivity index (χ0v) is 16.2. The van der Waals surface area contributed by atoms with Gasteiger partial charge in [0.2, 0.25) is 0 Å². The SMILES string of the molecule is C[Se]c1cc(C)ccc1N(C)c1ccc(C)cc1[Se]C. The van der Waals surface area contributed by atoms with E-state index in [0.717, 1.165) is 0 Å². The Balaban J connectivity index is 2.48. The predicted molar refractivity (Wildman–Crippen MR) is 92.9 cm³/mol. The van der Waals surface area contributed by atoms with Crippen molar-refractivity contribution in [2.24, 2.45) is 0 Å². The number of benzene rings is 2. The molecule has 2 aromatic rings. The van der Waals surface area contributed by atoms with E-state index in [0.29, 0.717) is 29.9 Å². The molecule has 0 aliphatic rings. The summed E-state index contributed by atoms with van der Waals surface area (Å²) in [6.07, 6.45) is 0. The van der Waals surface area contributed by atoms with Crippen molar-refractivity contribution < 1.29 is 0 Å². The molecule has 2 aromatic carbocycles. The summed E-state index contributed by atoms with van der Waals surface area (Å²) >= 11 is 1.02. The summed E-state index contributed by atoms with van der Waals surface area (Å²) in [5, 5.41) is 0. The molecule has 0 radical (unpaired) electrons. The van der Waals surface area contributed by atoms with E-state index < -0.39 is 0 Å². The molecule has 0 unspecified atom stereocenters. The van der Waals surface area contributed by atoms with Gasteiger partial charge in [-0.1, -0.05) is 0 Å². The molecule has 0 amide bonds. The quantitative estimate of drug-likeness (QED) is 0.718. The fraction of sp³-hybridized carbons (Fsp3) is 0.294. The van der Waals surface area contributed by atoms with Gasteiger partial charge in [-0.25, -0.2) is 0 Å². The van der Waals surface area contributed by atoms with Crippen LogP contribution in [0.25, 0.3) is 0 Å². The zero-order valence-electron chi connectivity index (χ0n) is 12.7. The normalized spacial score (nSPS) is 10.7. The van der Waals surface area contributed by atoms with Crippen molar-refractivity contribution in [3.63, 3.8) is 0 Å². The number of hydrogen-bond donors (Lipinski definition) is 0. The molecule has 0 N–H and O–H groups in total. The molecule has 20 heavy (non-hydrogen) atoms. The molecule has 106 valence electrons. The third-order valence-corrected chi connectivity index (χ3v) is 6.61. The standard InChI is InChI=1S/C17H21NSe2/c1-12-6-8-14(16(10-12)19-4)18(3)15-9-7-13(2)11-17(15)20-5/h6-11H,1-5H3. The molecule has 3 heteroatoms. The fourth-order valence-electron chi connectivity index (χ4n) is 2.25.